The fourth-order valence-corrected chi connectivity index (χ4v) is 1.49. The van der Waals surface area contributed by atoms with Crippen LogP contribution < -0.4 is 0 Å². The molecule has 0 aromatic carbocycles. The normalized spacial score (nSPS) is 10.9. The maximum atomic E-state index is 11.4. The van der Waals surface area contributed by atoms with Crippen molar-refractivity contribution >= 4 is 11.9 Å². The molecule has 0 aromatic rings. The SMILES string of the molecule is C#CCOC(=O)C(C)CCCC(=O)OCCCCC#N. The Balaban J connectivity index is 3.58. The number of rotatable bonds is 10. The minimum Gasteiger partial charge on any atom is -0.466 e. The van der Waals surface area contributed by atoms with Crippen molar-refractivity contribution < 1.29 is 19.1 Å². The lowest BCUT2D eigenvalue weighted by Gasteiger charge is -2.09. The molecule has 0 saturated heterocycles. The molecule has 0 N–H and O–H groups in total. The summed E-state index contributed by atoms with van der Waals surface area (Å²) < 4.78 is 9.80. The van der Waals surface area contributed by atoms with Crippen LogP contribution in [0.2, 0.25) is 0 Å². The molecule has 0 aromatic heterocycles. The van der Waals surface area contributed by atoms with Gasteiger partial charge < -0.3 is 9.47 Å². The fourth-order valence-electron chi connectivity index (χ4n) is 1.49. The summed E-state index contributed by atoms with van der Waals surface area (Å²) in [4.78, 5) is 22.8. The molecule has 0 aliphatic carbocycles. The van der Waals surface area contributed by atoms with Crippen molar-refractivity contribution in [2.24, 2.45) is 5.92 Å². The Labute approximate surface area is 120 Å². The highest BCUT2D eigenvalue weighted by Gasteiger charge is 2.14. The Morgan fingerprint density at radius 3 is 2.65 bits per heavy atom. The standard InChI is InChI=1S/C15H21NO4/c1-3-11-20-15(18)13(2)8-7-9-14(17)19-12-6-4-5-10-16/h1,13H,4-9,11-12H2,2H3. The van der Waals surface area contributed by atoms with Gasteiger partial charge in [-0.15, -0.1) is 6.42 Å². The van der Waals surface area contributed by atoms with Crippen LogP contribution in [0.15, 0.2) is 0 Å². The molecule has 1 atom stereocenters. The quantitative estimate of drug-likeness (QED) is 0.348. The highest BCUT2D eigenvalue weighted by molar-refractivity contribution is 5.72. The number of carbonyl (C=O) groups excluding carboxylic acids is 2. The first-order valence-corrected chi connectivity index (χ1v) is 6.74. The smallest absolute Gasteiger partial charge is 0.309 e. The van der Waals surface area contributed by atoms with E-state index in [4.69, 9.17) is 21.2 Å². The van der Waals surface area contributed by atoms with E-state index in [9.17, 15) is 9.59 Å². The zero-order chi connectivity index (χ0) is 15.2. The van der Waals surface area contributed by atoms with Crippen LogP contribution in [-0.4, -0.2) is 25.2 Å². The molecule has 5 heteroatoms. The fraction of sp³-hybridized carbons (Fsp3) is 0.667. The molecule has 0 aliphatic heterocycles. The van der Waals surface area contributed by atoms with Crippen molar-refractivity contribution in [3.05, 3.63) is 0 Å². The lowest BCUT2D eigenvalue weighted by molar-refractivity contribution is -0.148. The van der Waals surface area contributed by atoms with Crippen LogP contribution in [0.1, 0.15) is 45.4 Å². The molecule has 0 amide bonds. The van der Waals surface area contributed by atoms with Gasteiger partial charge in [0.05, 0.1) is 18.6 Å². The van der Waals surface area contributed by atoms with Crippen LogP contribution in [0.3, 0.4) is 0 Å². The van der Waals surface area contributed by atoms with E-state index < -0.39 is 0 Å². The van der Waals surface area contributed by atoms with E-state index in [0.717, 1.165) is 6.42 Å². The molecular weight excluding hydrogens is 258 g/mol. The number of nitrogens with zero attached hydrogens (tertiary/aromatic N) is 1. The molecule has 0 heterocycles. The number of terminal acetylenes is 1. The van der Waals surface area contributed by atoms with Gasteiger partial charge in [0.2, 0.25) is 0 Å². The maximum absolute atomic E-state index is 11.4. The van der Waals surface area contributed by atoms with E-state index in [-0.39, 0.29) is 30.9 Å². The minimum atomic E-state index is -0.340. The van der Waals surface area contributed by atoms with Gasteiger partial charge in [-0.25, -0.2) is 0 Å². The molecule has 0 saturated carbocycles. The third-order valence-corrected chi connectivity index (χ3v) is 2.66. The maximum Gasteiger partial charge on any atom is 0.309 e. The van der Waals surface area contributed by atoms with Crippen molar-refractivity contribution in [2.75, 3.05) is 13.2 Å². The van der Waals surface area contributed by atoms with Gasteiger partial charge in [0.15, 0.2) is 6.61 Å². The van der Waals surface area contributed by atoms with Crippen LogP contribution in [0, 0.1) is 29.6 Å². The first-order valence-electron chi connectivity index (χ1n) is 6.74. The van der Waals surface area contributed by atoms with Crippen LogP contribution in [0.4, 0.5) is 0 Å². The van der Waals surface area contributed by atoms with E-state index >= 15 is 0 Å². The Hall–Kier alpha value is -2.01. The van der Waals surface area contributed by atoms with Crippen LogP contribution in [0.25, 0.3) is 0 Å². The number of nitriles is 1. The first kappa shape index (κ1) is 18.0. The second-order valence-electron chi connectivity index (χ2n) is 4.44. The Morgan fingerprint density at radius 2 is 2.00 bits per heavy atom. The number of ether oxygens (including phenoxy) is 2. The molecule has 1 unspecified atom stereocenters. The van der Waals surface area contributed by atoms with Crippen molar-refractivity contribution in [2.45, 2.75) is 45.4 Å². The molecule has 0 bridgehead atoms. The van der Waals surface area contributed by atoms with Gasteiger partial charge in [-0.05, 0) is 25.7 Å². The highest BCUT2D eigenvalue weighted by Crippen LogP contribution is 2.10. The summed E-state index contributed by atoms with van der Waals surface area (Å²) in [6.45, 7) is 2.07. The van der Waals surface area contributed by atoms with Crippen LogP contribution in [0.5, 0.6) is 0 Å². The largest absolute Gasteiger partial charge is 0.466 e. The third-order valence-electron chi connectivity index (χ3n) is 2.66. The number of hydrogen-bond acceptors (Lipinski definition) is 5. The molecule has 20 heavy (non-hydrogen) atoms. The molecular formula is C15H21NO4. The second kappa shape index (κ2) is 12.0. The monoisotopic (exact) mass is 279 g/mol. The highest BCUT2D eigenvalue weighted by atomic mass is 16.5. The lowest BCUT2D eigenvalue weighted by atomic mass is 10.0. The second-order valence-corrected chi connectivity index (χ2v) is 4.44. The minimum absolute atomic E-state index is 0.0199. The lowest BCUT2D eigenvalue weighted by Crippen LogP contribution is -2.15. The van der Waals surface area contributed by atoms with Crippen molar-refractivity contribution in [1.29, 1.82) is 5.26 Å². The summed E-state index contributed by atoms with van der Waals surface area (Å²) in [6, 6.07) is 2.03. The molecule has 0 aliphatic rings. The van der Waals surface area contributed by atoms with E-state index in [1.807, 2.05) is 6.07 Å². The van der Waals surface area contributed by atoms with E-state index in [1.165, 1.54) is 0 Å². The van der Waals surface area contributed by atoms with Gasteiger partial charge in [-0.2, -0.15) is 5.26 Å². The number of esters is 2. The zero-order valence-corrected chi connectivity index (χ0v) is 11.9. The zero-order valence-electron chi connectivity index (χ0n) is 11.9. The summed E-state index contributed by atoms with van der Waals surface area (Å²) >= 11 is 0. The number of carbonyl (C=O) groups is 2. The van der Waals surface area contributed by atoms with Crippen molar-refractivity contribution in [3.8, 4) is 18.4 Å². The average molecular weight is 279 g/mol. The third kappa shape index (κ3) is 9.96. The molecule has 0 rings (SSSR count). The number of hydrogen-bond donors (Lipinski definition) is 0. The van der Waals surface area contributed by atoms with Gasteiger partial charge >= 0.3 is 11.9 Å². The summed E-state index contributed by atoms with van der Waals surface area (Å²) in [5.41, 5.74) is 0. The van der Waals surface area contributed by atoms with Gasteiger partial charge in [0.1, 0.15) is 0 Å². The van der Waals surface area contributed by atoms with Gasteiger partial charge in [-0.1, -0.05) is 12.8 Å². The van der Waals surface area contributed by atoms with Crippen molar-refractivity contribution in [3.63, 3.8) is 0 Å². The van der Waals surface area contributed by atoms with Crippen LogP contribution >= 0.6 is 0 Å². The Kier molecular flexibility index (Phi) is 10.8. The van der Waals surface area contributed by atoms with Crippen LogP contribution in [-0.2, 0) is 19.1 Å². The molecule has 5 nitrogen and oxygen atoms in total. The summed E-state index contributed by atoms with van der Waals surface area (Å²) in [7, 11) is 0. The van der Waals surface area contributed by atoms with Gasteiger partial charge in [0.25, 0.3) is 0 Å². The number of unbranched alkanes of at least 4 members (excludes halogenated alkanes) is 2. The van der Waals surface area contributed by atoms with Crippen molar-refractivity contribution in [1.82, 2.24) is 0 Å². The molecule has 0 spiro atoms. The topological polar surface area (TPSA) is 76.4 Å². The van der Waals surface area contributed by atoms with E-state index in [0.29, 0.717) is 32.3 Å². The van der Waals surface area contributed by atoms with Gasteiger partial charge in [-0.3, -0.25) is 9.59 Å². The summed E-state index contributed by atoms with van der Waals surface area (Å²) in [5.74, 6) is 1.34. The van der Waals surface area contributed by atoms with Gasteiger partial charge in [0, 0.05) is 12.8 Å². The van der Waals surface area contributed by atoms with E-state index in [2.05, 4.69) is 5.92 Å². The summed E-state index contributed by atoms with van der Waals surface area (Å²) in [5, 5.41) is 8.34. The molecule has 0 fully saturated rings. The molecule has 110 valence electrons. The predicted molar refractivity (Wildman–Crippen MR) is 73.2 cm³/mol. The molecule has 0 radical (unpaired) electrons. The first-order chi connectivity index (χ1) is 9.61. The Bertz CT molecular complexity index is 378. The van der Waals surface area contributed by atoms with E-state index in [1.54, 1.807) is 6.92 Å². The summed E-state index contributed by atoms with van der Waals surface area (Å²) in [6.07, 6.45) is 8.33. The Morgan fingerprint density at radius 1 is 1.25 bits per heavy atom. The average Bonchev–Trinajstić information content (AvgIpc) is 2.44. The predicted octanol–water partition coefficient (Wildman–Crippen LogP) is 2.21.